The molecule has 0 aliphatic heterocycles. The van der Waals surface area contributed by atoms with Gasteiger partial charge in [-0.25, -0.2) is 4.79 Å². The van der Waals surface area contributed by atoms with Crippen molar-refractivity contribution in [2.75, 3.05) is 21.2 Å². The molecule has 1 radical (unpaired) electrons. The first-order valence-corrected chi connectivity index (χ1v) is 2.51. The van der Waals surface area contributed by atoms with E-state index >= 15 is 0 Å². The van der Waals surface area contributed by atoms with Gasteiger partial charge >= 0.3 is 5.97 Å². The number of nitrogens with zero attached hydrogens (tertiary/aromatic N) is 1. The largest absolute Gasteiger partial charge is 0.465 e. The van der Waals surface area contributed by atoms with E-state index in [1.165, 1.54) is 13.3 Å². The minimum absolute atomic E-state index is 0.455. The molecule has 9 heavy (non-hydrogen) atoms. The van der Waals surface area contributed by atoms with E-state index in [4.69, 9.17) is 0 Å². The molecule has 0 aliphatic carbocycles. The van der Waals surface area contributed by atoms with E-state index in [0.717, 1.165) is 0 Å². The molecule has 0 unspecified atom stereocenters. The maximum atomic E-state index is 10.3. The van der Waals surface area contributed by atoms with Gasteiger partial charge in [-0.1, -0.05) is 0 Å². The van der Waals surface area contributed by atoms with Crippen LogP contribution in [-0.4, -0.2) is 32.1 Å². The van der Waals surface area contributed by atoms with E-state index in [9.17, 15) is 4.79 Å². The van der Waals surface area contributed by atoms with Crippen molar-refractivity contribution in [2.45, 2.75) is 0 Å². The van der Waals surface area contributed by atoms with Crippen LogP contribution < -0.4 is 0 Å². The van der Waals surface area contributed by atoms with Gasteiger partial charge in [-0.2, -0.15) is 0 Å². The van der Waals surface area contributed by atoms with Gasteiger partial charge in [-0.15, -0.1) is 0 Å². The van der Waals surface area contributed by atoms with Crippen molar-refractivity contribution in [2.24, 2.45) is 0 Å². The van der Waals surface area contributed by atoms with E-state index in [-0.39, 0.29) is 0 Å². The predicted octanol–water partition coefficient (Wildman–Crippen LogP) is 0.0379. The van der Waals surface area contributed by atoms with Gasteiger partial charge in [0.25, 0.3) is 0 Å². The predicted molar refractivity (Wildman–Crippen MR) is 33.5 cm³/mol. The highest BCUT2D eigenvalue weighted by atomic mass is 16.5. The van der Waals surface area contributed by atoms with E-state index in [2.05, 4.69) is 10.8 Å². The van der Waals surface area contributed by atoms with E-state index in [0.29, 0.717) is 0 Å². The molecule has 0 bridgehead atoms. The second kappa shape index (κ2) is 3.95. The van der Waals surface area contributed by atoms with Crippen LogP contribution in [0.25, 0.3) is 0 Å². The Kier molecular flexibility index (Phi) is 3.51. The zero-order chi connectivity index (χ0) is 7.28. The SMILES string of the molecule is COC(=O)/[C]=C/N(C)C. The fourth-order valence-corrected chi connectivity index (χ4v) is 0.241. The van der Waals surface area contributed by atoms with Crippen molar-refractivity contribution in [1.29, 1.82) is 0 Å². The third-order valence-corrected chi connectivity index (χ3v) is 0.626. The molecule has 0 saturated carbocycles. The smallest absolute Gasteiger partial charge is 0.340 e. The summed E-state index contributed by atoms with van der Waals surface area (Å²) in [6.45, 7) is 0. The van der Waals surface area contributed by atoms with Gasteiger partial charge in [0, 0.05) is 20.3 Å². The summed E-state index contributed by atoms with van der Waals surface area (Å²) < 4.78 is 4.29. The van der Waals surface area contributed by atoms with Crippen LogP contribution >= 0.6 is 0 Å². The molecule has 0 fully saturated rings. The van der Waals surface area contributed by atoms with Crippen molar-refractivity contribution in [1.82, 2.24) is 4.90 Å². The molecule has 0 heterocycles. The lowest BCUT2D eigenvalue weighted by Gasteiger charge is -2.00. The second-order valence-electron chi connectivity index (χ2n) is 1.73. The molecule has 3 nitrogen and oxygen atoms in total. The zero-order valence-electron chi connectivity index (χ0n) is 5.84. The molecular formula is C6H10NO2. The Morgan fingerprint density at radius 2 is 2.22 bits per heavy atom. The van der Waals surface area contributed by atoms with Gasteiger partial charge in [-0.05, 0) is 0 Å². The van der Waals surface area contributed by atoms with E-state index < -0.39 is 5.97 Å². The van der Waals surface area contributed by atoms with Gasteiger partial charge in [-0.3, -0.25) is 0 Å². The highest BCUT2D eigenvalue weighted by Crippen LogP contribution is 1.78. The molecule has 0 aromatic rings. The summed E-state index contributed by atoms with van der Waals surface area (Å²) in [7, 11) is 4.92. The Morgan fingerprint density at radius 3 is 2.56 bits per heavy atom. The maximum Gasteiger partial charge on any atom is 0.340 e. The first-order chi connectivity index (χ1) is 4.16. The number of esters is 1. The highest BCUT2D eigenvalue weighted by Gasteiger charge is 1.89. The van der Waals surface area contributed by atoms with Crippen molar-refractivity contribution in [3.63, 3.8) is 0 Å². The lowest BCUT2D eigenvalue weighted by Crippen LogP contribution is -2.03. The van der Waals surface area contributed by atoms with Crippen LogP contribution in [0, 0.1) is 6.08 Å². The topological polar surface area (TPSA) is 29.5 Å². The van der Waals surface area contributed by atoms with Crippen molar-refractivity contribution in [3.8, 4) is 0 Å². The molecule has 0 aromatic heterocycles. The number of rotatable bonds is 2. The summed E-state index contributed by atoms with van der Waals surface area (Å²) >= 11 is 0. The van der Waals surface area contributed by atoms with Gasteiger partial charge < -0.3 is 9.64 Å². The summed E-state index contributed by atoms with van der Waals surface area (Å²) in [6.07, 6.45) is 3.88. The third kappa shape index (κ3) is 4.87. The highest BCUT2D eigenvalue weighted by molar-refractivity contribution is 5.77. The fraction of sp³-hybridized carbons (Fsp3) is 0.500. The van der Waals surface area contributed by atoms with Crippen molar-refractivity contribution in [3.05, 3.63) is 12.3 Å². The average Bonchev–Trinajstić information content (AvgIpc) is 1.83. The molecule has 51 valence electrons. The molecule has 0 saturated heterocycles. The first kappa shape index (κ1) is 8.01. The first-order valence-electron chi connectivity index (χ1n) is 2.51. The van der Waals surface area contributed by atoms with Crippen LogP contribution in [0.3, 0.4) is 0 Å². The molecule has 0 rings (SSSR count). The summed E-state index contributed by atoms with van der Waals surface area (Å²) in [5.74, 6) is -0.455. The summed E-state index contributed by atoms with van der Waals surface area (Å²) in [5, 5.41) is 0. The minimum atomic E-state index is -0.455. The third-order valence-electron chi connectivity index (χ3n) is 0.626. The van der Waals surface area contributed by atoms with Crippen LogP contribution in [0.4, 0.5) is 0 Å². The maximum absolute atomic E-state index is 10.3. The number of methoxy groups -OCH3 is 1. The van der Waals surface area contributed by atoms with Crippen LogP contribution in [0.5, 0.6) is 0 Å². The van der Waals surface area contributed by atoms with Crippen LogP contribution in [-0.2, 0) is 9.53 Å². The Labute approximate surface area is 54.9 Å². The number of hydrogen-bond donors (Lipinski definition) is 0. The number of hydrogen-bond acceptors (Lipinski definition) is 3. The number of ether oxygens (including phenoxy) is 1. The molecule has 0 amide bonds. The van der Waals surface area contributed by atoms with Crippen LogP contribution in [0.1, 0.15) is 0 Å². The average molecular weight is 128 g/mol. The molecule has 0 spiro atoms. The molecule has 0 aliphatic rings. The van der Waals surface area contributed by atoms with Crippen LogP contribution in [0.2, 0.25) is 0 Å². The zero-order valence-corrected chi connectivity index (χ0v) is 5.84. The minimum Gasteiger partial charge on any atom is -0.465 e. The molecule has 3 heteroatoms. The molecule has 0 atom stereocenters. The Bertz CT molecular complexity index is 118. The Morgan fingerprint density at radius 1 is 1.67 bits per heavy atom. The second-order valence-corrected chi connectivity index (χ2v) is 1.73. The van der Waals surface area contributed by atoms with Gasteiger partial charge in [0.05, 0.1) is 13.2 Å². The van der Waals surface area contributed by atoms with E-state index in [1.54, 1.807) is 19.0 Å². The summed E-state index contributed by atoms with van der Waals surface area (Å²) in [4.78, 5) is 12.0. The van der Waals surface area contributed by atoms with Gasteiger partial charge in [0.2, 0.25) is 0 Å². The molecular weight excluding hydrogens is 118 g/mol. The number of carbonyl (C=O) groups is 1. The monoisotopic (exact) mass is 128 g/mol. The fourth-order valence-electron chi connectivity index (χ4n) is 0.241. The quantitative estimate of drug-likeness (QED) is 0.388. The van der Waals surface area contributed by atoms with Gasteiger partial charge in [0.15, 0.2) is 0 Å². The van der Waals surface area contributed by atoms with Crippen molar-refractivity contribution < 1.29 is 9.53 Å². The summed E-state index contributed by atoms with van der Waals surface area (Å²) in [6, 6.07) is 0. The van der Waals surface area contributed by atoms with Gasteiger partial charge in [0.1, 0.15) is 0 Å². The Hall–Kier alpha value is -0.990. The normalized spacial score (nSPS) is 9.67. The van der Waals surface area contributed by atoms with Crippen molar-refractivity contribution >= 4 is 5.97 Å². The Balaban J connectivity index is 3.57. The number of carbonyl (C=O) groups excluding carboxylic acids is 1. The lowest BCUT2D eigenvalue weighted by molar-refractivity contribution is -0.135. The van der Waals surface area contributed by atoms with E-state index in [1.807, 2.05) is 0 Å². The molecule has 0 N–H and O–H groups in total. The standard InChI is InChI=1S/C6H10NO2/c1-7(2)5-4-6(8)9-3/h5H,1-3H3. The lowest BCUT2D eigenvalue weighted by atomic mass is 10.6. The van der Waals surface area contributed by atoms with Crippen LogP contribution in [0.15, 0.2) is 6.20 Å². The molecule has 0 aromatic carbocycles. The summed E-state index contributed by atoms with van der Waals surface area (Å²) in [5.41, 5.74) is 0.